The Kier molecular flexibility index (Phi) is 6.54. The molecule has 5 rings (SSSR count). The Morgan fingerprint density at radius 1 is 0.889 bits per heavy atom. The van der Waals surface area contributed by atoms with Crippen molar-refractivity contribution < 1.29 is 9.90 Å². The summed E-state index contributed by atoms with van der Waals surface area (Å²) in [6, 6.07) is 26.9. The molecule has 0 saturated carbocycles. The van der Waals surface area contributed by atoms with Gasteiger partial charge in [-0.15, -0.1) is 0 Å². The number of hydrogen-bond donors (Lipinski definition) is 2. The van der Waals surface area contributed by atoms with E-state index in [1.165, 1.54) is 5.57 Å². The molecule has 5 aromatic rings. The molecule has 2 aromatic heterocycles. The van der Waals surface area contributed by atoms with Gasteiger partial charge in [-0.25, -0.2) is 4.79 Å². The van der Waals surface area contributed by atoms with E-state index < -0.39 is 5.97 Å². The van der Waals surface area contributed by atoms with Crippen LogP contribution in [0.5, 0.6) is 0 Å². The third-order valence-corrected chi connectivity index (χ3v) is 6.21. The standard InChI is InChI=1S/C31H25N3O2/c1-2-28(24-6-3-5-23(17-24)26-7-4-16-32-19-26)31(25-13-14-29-27(18-25)20-33-34-29)22-11-8-21(9-12-22)10-15-30(35)36/h3-20H,2H2,1H3,(H,33,34)(H,35,36). The van der Waals surface area contributed by atoms with Crippen molar-refractivity contribution in [2.24, 2.45) is 0 Å². The Balaban J connectivity index is 1.69. The van der Waals surface area contributed by atoms with Crippen LogP contribution in [-0.4, -0.2) is 26.3 Å². The number of carboxylic acid groups (broad SMARTS) is 1. The van der Waals surface area contributed by atoms with E-state index in [0.717, 1.165) is 62.4 Å². The Morgan fingerprint density at radius 3 is 2.44 bits per heavy atom. The minimum Gasteiger partial charge on any atom is -0.478 e. The van der Waals surface area contributed by atoms with Crippen molar-refractivity contribution in [3.05, 3.63) is 126 Å². The van der Waals surface area contributed by atoms with Crippen LogP contribution in [0.25, 0.3) is 39.3 Å². The van der Waals surface area contributed by atoms with Gasteiger partial charge in [0.2, 0.25) is 0 Å². The lowest BCUT2D eigenvalue weighted by atomic mass is 9.86. The van der Waals surface area contributed by atoms with Crippen molar-refractivity contribution in [2.75, 3.05) is 0 Å². The molecule has 0 aliphatic carbocycles. The molecular formula is C31H25N3O2. The second-order valence-corrected chi connectivity index (χ2v) is 8.50. The van der Waals surface area contributed by atoms with Crippen LogP contribution in [0.4, 0.5) is 0 Å². The second-order valence-electron chi connectivity index (χ2n) is 8.50. The average Bonchev–Trinajstić information content (AvgIpc) is 3.39. The number of pyridine rings is 1. The molecule has 0 bridgehead atoms. The first-order valence-corrected chi connectivity index (χ1v) is 11.8. The maximum absolute atomic E-state index is 10.9. The van der Waals surface area contributed by atoms with Gasteiger partial charge in [-0.1, -0.05) is 61.5 Å². The number of nitrogens with one attached hydrogen (secondary N) is 1. The van der Waals surface area contributed by atoms with Crippen LogP contribution in [0, 0.1) is 0 Å². The summed E-state index contributed by atoms with van der Waals surface area (Å²) in [4.78, 5) is 15.2. The van der Waals surface area contributed by atoms with Crippen LogP contribution < -0.4 is 0 Å². The average molecular weight is 472 g/mol. The monoisotopic (exact) mass is 471 g/mol. The molecule has 2 N–H and O–H groups in total. The van der Waals surface area contributed by atoms with Gasteiger partial charge in [0.15, 0.2) is 0 Å². The normalized spacial score (nSPS) is 12.1. The van der Waals surface area contributed by atoms with Crippen LogP contribution in [0.1, 0.15) is 35.6 Å². The van der Waals surface area contributed by atoms with Gasteiger partial charge < -0.3 is 5.11 Å². The molecule has 0 atom stereocenters. The van der Waals surface area contributed by atoms with Crippen LogP contribution in [-0.2, 0) is 4.79 Å². The predicted molar refractivity (Wildman–Crippen MR) is 145 cm³/mol. The number of aromatic nitrogens is 3. The number of aromatic amines is 1. The largest absolute Gasteiger partial charge is 0.478 e. The first-order chi connectivity index (χ1) is 17.6. The van der Waals surface area contributed by atoms with Gasteiger partial charge in [0.25, 0.3) is 0 Å². The summed E-state index contributed by atoms with van der Waals surface area (Å²) in [6.45, 7) is 2.17. The van der Waals surface area contributed by atoms with E-state index in [9.17, 15) is 4.79 Å². The van der Waals surface area contributed by atoms with Crippen LogP contribution in [0.2, 0.25) is 0 Å². The second kappa shape index (κ2) is 10.2. The third kappa shape index (κ3) is 4.86. The summed E-state index contributed by atoms with van der Waals surface area (Å²) in [5.74, 6) is -0.963. The summed E-state index contributed by atoms with van der Waals surface area (Å²) < 4.78 is 0. The molecule has 5 heteroatoms. The minimum absolute atomic E-state index is 0.829. The summed E-state index contributed by atoms with van der Waals surface area (Å²) in [5.41, 5.74) is 9.68. The highest BCUT2D eigenvalue weighted by Gasteiger charge is 2.15. The van der Waals surface area contributed by atoms with E-state index in [-0.39, 0.29) is 0 Å². The molecule has 3 aromatic carbocycles. The maximum Gasteiger partial charge on any atom is 0.328 e. The van der Waals surface area contributed by atoms with Crippen LogP contribution >= 0.6 is 0 Å². The fourth-order valence-corrected chi connectivity index (χ4v) is 4.49. The molecule has 2 heterocycles. The van der Waals surface area contributed by atoms with Crippen LogP contribution in [0.15, 0.2) is 104 Å². The Morgan fingerprint density at radius 2 is 1.69 bits per heavy atom. The minimum atomic E-state index is -0.963. The zero-order chi connectivity index (χ0) is 24.9. The Hall–Kier alpha value is -4.77. The summed E-state index contributed by atoms with van der Waals surface area (Å²) in [7, 11) is 0. The van der Waals surface area contributed by atoms with E-state index in [2.05, 4.69) is 82.8 Å². The van der Waals surface area contributed by atoms with Crippen molar-refractivity contribution in [3.63, 3.8) is 0 Å². The number of nitrogens with zero attached hydrogens (tertiary/aromatic N) is 2. The van der Waals surface area contributed by atoms with Gasteiger partial charge in [-0.05, 0) is 75.7 Å². The molecule has 176 valence electrons. The SMILES string of the molecule is CCC(=C(c1ccc(C=CC(=O)O)cc1)c1ccc2[nH]ncc2c1)c1cccc(-c2cccnc2)c1. The molecule has 0 saturated heterocycles. The predicted octanol–water partition coefficient (Wildman–Crippen LogP) is 7.09. The number of H-pyrrole nitrogens is 1. The van der Waals surface area contributed by atoms with Gasteiger partial charge in [-0.3, -0.25) is 10.1 Å². The van der Waals surface area contributed by atoms with Crippen molar-refractivity contribution in [3.8, 4) is 11.1 Å². The number of carboxylic acids is 1. The highest BCUT2D eigenvalue weighted by atomic mass is 16.4. The molecule has 0 unspecified atom stereocenters. The number of fused-ring (bicyclic) bond motifs is 1. The number of aliphatic carboxylic acids is 1. The molecule has 0 radical (unpaired) electrons. The van der Waals surface area contributed by atoms with Crippen molar-refractivity contribution in [1.29, 1.82) is 0 Å². The fraction of sp³-hybridized carbons (Fsp3) is 0.0645. The highest BCUT2D eigenvalue weighted by Crippen LogP contribution is 2.36. The molecule has 0 amide bonds. The molecule has 0 spiro atoms. The number of rotatable bonds is 7. The van der Waals surface area contributed by atoms with E-state index >= 15 is 0 Å². The number of carbonyl (C=O) groups is 1. The van der Waals surface area contributed by atoms with Crippen molar-refractivity contribution >= 4 is 34.1 Å². The third-order valence-electron chi connectivity index (χ3n) is 6.21. The zero-order valence-corrected chi connectivity index (χ0v) is 19.8. The first-order valence-electron chi connectivity index (χ1n) is 11.8. The van der Waals surface area contributed by atoms with Gasteiger partial charge in [0.1, 0.15) is 0 Å². The lowest BCUT2D eigenvalue weighted by Crippen LogP contribution is -1.96. The number of allylic oxidation sites excluding steroid dienone is 1. The molecule has 0 aliphatic heterocycles. The Labute approximate surface area is 209 Å². The number of hydrogen-bond acceptors (Lipinski definition) is 3. The quantitative estimate of drug-likeness (QED) is 0.196. The first kappa shape index (κ1) is 23.0. The lowest BCUT2D eigenvalue weighted by Gasteiger charge is -2.17. The van der Waals surface area contributed by atoms with Gasteiger partial charge in [-0.2, -0.15) is 5.10 Å². The van der Waals surface area contributed by atoms with Gasteiger partial charge >= 0.3 is 5.97 Å². The van der Waals surface area contributed by atoms with Crippen molar-refractivity contribution in [2.45, 2.75) is 13.3 Å². The topological polar surface area (TPSA) is 78.9 Å². The Bertz CT molecular complexity index is 1580. The molecule has 0 fully saturated rings. The maximum atomic E-state index is 10.9. The van der Waals surface area contributed by atoms with Crippen LogP contribution in [0.3, 0.4) is 0 Å². The highest BCUT2D eigenvalue weighted by molar-refractivity contribution is 6.01. The molecule has 5 nitrogen and oxygen atoms in total. The number of benzene rings is 3. The summed E-state index contributed by atoms with van der Waals surface area (Å²) >= 11 is 0. The fourth-order valence-electron chi connectivity index (χ4n) is 4.49. The summed E-state index contributed by atoms with van der Waals surface area (Å²) in [6.07, 6.45) is 9.08. The smallest absolute Gasteiger partial charge is 0.328 e. The van der Waals surface area contributed by atoms with Gasteiger partial charge in [0, 0.05) is 29.4 Å². The van der Waals surface area contributed by atoms with E-state index in [0.29, 0.717) is 0 Å². The molecule has 36 heavy (non-hydrogen) atoms. The van der Waals surface area contributed by atoms with Gasteiger partial charge in [0.05, 0.1) is 11.7 Å². The summed E-state index contributed by atoms with van der Waals surface area (Å²) in [5, 5.41) is 17.2. The van der Waals surface area contributed by atoms with E-state index in [1.54, 1.807) is 12.3 Å². The lowest BCUT2D eigenvalue weighted by molar-refractivity contribution is -0.131. The molecular weight excluding hydrogens is 446 g/mol. The molecule has 0 aliphatic rings. The zero-order valence-electron chi connectivity index (χ0n) is 19.8. The van der Waals surface area contributed by atoms with Crippen molar-refractivity contribution in [1.82, 2.24) is 15.2 Å². The van der Waals surface area contributed by atoms with E-state index in [4.69, 9.17) is 5.11 Å². The van der Waals surface area contributed by atoms with E-state index in [1.807, 2.05) is 30.6 Å².